The predicted molar refractivity (Wildman–Crippen MR) is 108 cm³/mol. The fourth-order valence-electron chi connectivity index (χ4n) is 3.57. The van der Waals surface area contributed by atoms with E-state index in [0.29, 0.717) is 5.69 Å². The van der Waals surface area contributed by atoms with Gasteiger partial charge in [0.15, 0.2) is 0 Å². The number of nitrogens with one attached hydrogen (secondary N) is 2. The number of halogens is 1. The molecule has 0 amide bonds. The van der Waals surface area contributed by atoms with Crippen molar-refractivity contribution in [2.75, 3.05) is 43.4 Å². The van der Waals surface area contributed by atoms with E-state index in [1.807, 2.05) is 18.2 Å². The monoisotopic (exact) mass is 400 g/mol. The number of pyridine rings is 1. The van der Waals surface area contributed by atoms with Gasteiger partial charge >= 0.3 is 0 Å². The zero-order valence-electron chi connectivity index (χ0n) is 15.4. The zero-order chi connectivity index (χ0) is 19.7. The van der Waals surface area contributed by atoms with Gasteiger partial charge in [-0.1, -0.05) is 18.2 Å². The lowest BCUT2D eigenvalue weighted by Gasteiger charge is -2.30. The van der Waals surface area contributed by atoms with Gasteiger partial charge in [0, 0.05) is 44.8 Å². The second-order valence-electron chi connectivity index (χ2n) is 6.62. The van der Waals surface area contributed by atoms with Gasteiger partial charge in [-0.2, -0.15) is 0 Å². The van der Waals surface area contributed by atoms with Gasteiger partial charge in [0.25, 0.3) is 0 Å². The van der Waals surface area contributed by atoms with Crippen molar-refractivity contribution in [3.05, 3.63) is 54.5 Å². The Morgan fingerprint density at radius 3 is 2.61 bits per heavy atom. The number of rotatable bonds is 4. The second-order valence-corrected chi connectivity index (χ2v) is 8.54. The molecule has 0 radical (unpaired) electrons. The molecule has 1 saturated heterocycles. The summed E-state index contributed by atoms with van der Waals surface area (Å²) in [5.41, 5.74) is 2.18. The zero-order valence-corrected chi connectivity index (χ0v) is 16.3. The summed E-state index contributed by atoms with van der Waals surface area (Å²) in [7, 11) is -2.24. The van der Waals surface area contributed by atoms with Crippen LogP contribution in [0.2, 0.25) is 0 Å². The third-order valence-electron chi connectivity index (χ3n) is 4.94. The summed E-state index contributed by atoms with van der Waals surface area (Å²) in [6, 6.07) is 10.8. The van der Waals surface area contributed by atoms with Crippen LogP contribution in [0.5, 0.6) is 0 Å². The van der Waals surface area contributed by atoms with Crippen molar-refractivity contribution in [3.63, 3.8) is 0 Å². The van der Waals surface area contributed by atoms with Crippen molar-refractivity contribution in [2.24, 2.45) is 0 Å². The first kappa shape index (κ1) is 18.6. The maximum Gasteiger partial charge on any atom is 0.210 e. The highest BCUT2D eigenvalue weighted by Gasteiger charge is 2.25. The van der Waals surface area contributed by atoms with Crippen molar-refractivity contribution in [1.82, 2.24) is 10.3 Å². The van der Waals surface area contributed by atoms with E-state index in [4.69, 9.17) is 0 Å². The van der Waals surface area contributed by atoms with Crippen LogP contribution < -0.4 is 15.5 Å². The molecule has 0 saturated carbocycles. The van der Waals surface area contributed by atoms with E-state index >= 15 is 0 Å². The van der Waals surface area contributed by atoms with E-state index in [-0.39, 0.29) is 9.79 Å². The Labute approximate surface area is 163 Å². The summed E-state index contributed by atoms with van der Waals surface area (Å²) in [5, 5.41) is 7.06. The third kappa shape index (κ3) is 3.18. The summed E-state index contributed by atoms with van der Waals surface area (Å²) in [4.78, 5) is 6.69. The van der Waals surface area contributed by atoms with Crippen molar-refractivity contribution < 1.29 is 12.8 Å². The van der Waals surface area contributed by atoms with Crippen molar-refractivity contribution >= 4 is 32.1 Å². The Kier molecular flexibility index (Phi) is 4.91. The van der Waals surface area contributed by atoms with Crippen LogP contribution in [-0.2, 0) is 9.84 Å². The molecule has 8 heteroatoms. The average Bonchev–Trinajstić information content (AvgIpc) is 2.73. The highest BCUT2D eigenvalue weighted by atomic mass is 32.2. The Morgan fingerprint density at radius 1 is 1.14 bits per heavy atom. The second kappa shape index (κ2) is 7.37. The molecule has 1 aliphatic heterocycles. The highest BCUT2D eigenvalue weighted by Crippen LogP contribution is 2.36. The van der Waals surface area contributed by atoms with E-state index < -0.39 is 15.7 Å². The Hall–Kier alpha value is -2.71. The molecule has 28 heavy (non-hydrogen) atoms. The van der Waals surface area contributed by atoms with Gasteiger partial charge < -0.3 is 15.5 Å². The van der Waals surface area contributed by atoms with E-state index in [9.17, 15) is 12.8 Å². The van der Waals surface area contributed by atoms with Gasteiger partial charge in [-0.25, -0.2) is 12.8 Å². The maximum atomic E-state index is 13.6. The van der Waals surface area contributed by atoms with E-state index in [2.05, 4.69) is 20.5 Å². The minimum atomic E-state index is -3.92. The van der Waals surface area contributed by atoms with E-state index in [1.165, 1.54) is 24.4 Å². The van der Waals surface area contributed by atoms with Crippen LogP contribution in [0.15, 0.2) is 58.5 Å². The molecule has 3 aromatic rings. The molecule has 1 aliphatic rings. The average molecular weight is 400 g/mol. The SMILES string of the molecule is CNc1c(S(=O)(=O)c2cccc(F)c2)cnc2c(N3CCNCC3)cccc12. The summed E-state index contributed by atoms with van der Waals surface area (Å²) in [6.07, 6.45) is 1.36. The van der Waals surface area contributed by atoms with Gasteiger partial charge in [-0.3, -0.25) is 4.98 Å². The largest absolute Gasteiger partial charge is 0.386 e. The lowest BCUT2D eigenvalue weighted by Crippen LogP contribution is -2.43. The molecule has 0 unspecified atom stereocenters. The number of nitrogens with zero attached hydrogens (tertiary/aromatic N) is 2. The number of fused-ring (bicyclic) bond motifs is 1. The number of para-hydroxylation sites is 1. The molecule has 0 atom stereocenters. The first-order valence-electron chi connectivity index (χ1n) is 9.08. The van der Waals surface area contributed by atoms with Gasteiger partial charge in [-0.15, -0.1) is 0 Å². The molecule has 6 nitrogen and oxygen atoms in total. The number of aromatic nitrogens is 1. The van der Waals surface area contributed by atoms with Gasteiger partial charge in [-0.05, 0) is 24.3 Å². The lowest BCUT2D eigenvalue weighted by atomic mass is 10.1. The molecule has 0 bridgehead atoms. The van der Waals surface area contributed by atoms with Crippen LogP contribution in [-0.4, -0.2) is 46.6 Å². The van der Waals surface area contributed by atoms with Crippen LogP contribution in [0.4, 0.5) is 15.8 Å². The number of sulfone groups is 1. The molecule has 2 aromatic carbocycles. The first-order chi connectivity index (χ1) is 13.5. The molecule has 1 fully saturated rings. The number of hydrogen-bond acceptors (Lipinski definition) is 6. The van der Waals surface area contributed by atoms with Crippen LogP contribution in [0.3, 0.4) is 0 Å². The van der Waals surface area contributed by atoms with Crippen LogP contribution in [0.1, 0.15) is 0 Å². The molecule has 2 N–H and O–H groups in total. The maximum absolute atomic E-state index is 13.6. The topological polar surface area (TPSA) is 74.3 Å². The normalized spacial score (nSPS) is 15.0. The Balaban J connectivity index is 1.89. The van der Waals surface area contributed by atoms with Crippen LogP contribution in [0.25, 0.3) is 10.9 Å². The fraction of sp³-hybridized carbons (Fsp3) is 0.250. The lowest BCUT2D eigenvalue weighted by molar-refractivity contribution is 0.590. The van der Waals surface area contributed by atoms with Crippen LogP contribution in [0, 0.1) is 5.82 Å². The Morgan fingerprint density at radius 2 is 1.89 bits per heavy atom. The van der Waals surface area contributed by atoms with E-state index in [1.54, 1.807) is 7.05 Å². The third-order valence-corrected chi connectivity index (χ3v) is 6.71. The van der Waals surface area contributed by atoms with Crippen molar-refractivity contribution in [1.29, 1.82) is 0 Å². The molecule has 2 heterocycles. The van der Waals surface area contributed by atoms with Gasteiger partial charge in [0.2, 0.25) is 9.84 Å². The Bertz CT molecular complexity index is 1130. The molecular formula is C20H21FN4O2S. The minimum Gasteiger partial charge on any atom is -0.386 e. The first-order valence-corrected chi connectivity index (χ1v) is 10.6. The summed E-state index contributed by atoms with van der Waals surface area (Å²) < 4.78 is 39.9. The molecule has 0 spiro atoms. The number of anilines is 2. The summed E-state index contributed by atoms with van der Waals surface area (Å²) in [6.45, 7) is 3.50. The van der Waals surface area contributed by atoms with Crippen molar-refractivity contribution in [3.8, 4) is 0 Å². The number of piperazine rings is 1. The number of hydrogen-bond donors (Lipinski definition) is 2. The molecule has 0 aliphatic carbocycles. The molecular weight excluding hydrogens is 379 g/mol. The number of benzene rings is 2. The quantitative estimate of drug-likeness (QED) is 0.701. The highest BCUT2D eigenvalue weighted by molar-refractivity contribution is 7.91. The standard InChI is InChI=1S/C20H21FN4O2S/c1-22-20-16-6-3-7-17(25-10-8-23-9-11-25)19(16)24-13-18(20)28(26,27)15-5-2-4-14(21)12-15/h2-7,12-13,23H,8-11H2,1H3,(H,22,24). The summed E-state index contributed by atoms with van der Waals surface area (Å²) >= 11 is 0. The minimum absolute atomic E-state index is 0.0329. The smallest absolute Gasteiger partial charge is 0.210 e. The predicted octanol–water partition coefficient (Wildman–Crippen LogP) is 2.66. The van der Waals surface area contributed by atoms with Crippen molar-refractivity contribution in [2.45, 2.75) is 9.79 Å². The molecule has 1 aromatic heterocycles. The van der Waals surface area contributed by atoms with Gasteiger partial charge in [0.1, 0.15) is 10.7 Å². The molecule has 146 valence electrons. The fourth-order valence-corrected chi connectivity index (χ4v) is 5.02. The summed E-state index contributed by atoms with van der Waals surface area (Å²) in [5.74, 6) is -0.596. The van der Waals surface area contributed by atoms with Crippen LogP contribution >= 0.6 is 0 Å². The van der Waals surface area contributed by atoms with E-state index in [0.717, 1.165) is 48.8 Å². The molecule has 4 rings (SSSR count). The van der Waals surface area contributed by atoms with Gasteiger partial charge in [0.05, 0.1) is 21.8 Å².